The molecule has 2 atom stereocenters. The van der Waals surface area contributed by atoms with E-state index in [0.717, 1.165) is 60.7 Å². The normalized spacial score (nSPS) is 22.2. The number of anilines is 1. The van der Waals surface area contributed by atoms with Gasteiger partial charge in [-0.1, -0.05) is 79.0 Å². The number of hydrogen-bond donors (Lipinski definition) is 2. The summed E-state index contributed by atoms with van der Waals surface area (Å²) >= 11 is 11.8. The minimum absolute atomic E-state index is 0.0725. The summed E-state index contributed by atoms with van der Waals surface area (Å²) in [7, 11) is 2.08. The molecule has 4 aliphatic heterocycles. The van der Waals surface area contributed by atoms with E-state index in [0.29, 0.717) is 36.0 Å². The van der Waals surface area contributed by atoms with E-state index in [2.05, 4.69) is 22.6 Å². The van der Waals surface area contributed by atoms with Crippen molar-refractivity contribution in [2.45, 2.75) is 64.0 Å². The Hall–Kier alpha value is -3.79. The van der Waals surface area contributed by atoms with Crippen molar-refractivity contribution in [3.63, 3.8) is 0 Å². The van der Waals surface area contributed by atoms with E-state index in [-0.39, 0.29) is 30.4 Å². The number of nitrogens with zero attached hydrogens (tertiary/aromatic N) is 3. The number of carbonyl (C=O) groups excluding carboxylic acids is 3. The van der Waals surface area contributed by atoms with Crippen LogP contribution in [0.1, 0.15) is 62.3 Å². The SMILES string of the molecule is CC.Cc1ccc(OC2CCN(C(=O)N3CCN(C)CC3)CC2)c([C@H]2NC(=O)CC[C@]23C(=O)Nc2cc(Cl)ccc23)c1.Clc1ccccc1. The van der Waals surface area contributed by atoms with Gasteiger partial charge in [-0.15, -0.1) is 0 Å². The van der Waals surface area contributed by atoms with Gasteiger partial charge in [0.15, 0.2) is 0 Å². The van der Waals surface area contributed by atoms with Crippen molar-refractivity contribution in [3.8, 4) is 5.75 Å². The fraction of sp³-hybridized carbons (Fsp3) is 0.447. The Labute approximate surface area is 299 Å². The first kappa shape index (κ1) is 36.5. The molecule has 3 saturated heterocycles. The van der Waals surface area contributed by atoms with Gasteiger partial charge in [0.25, 0.3) is 0 Å². The van der Waals surface area contributed by atoms with Crippen LogP contribution in [0, 0.1) is 6.92 Å². The second kappa shape index (κ2) is 16.3. The van der Waals surface area contributed by atoms with Crippen LogP contribution in [0.5, 0.6) is 5.75 Å². The maximum Gasteiger partial charge on any atom is 0.320 e. The summed E-state index contributed by atoms with van der Waals surface area (Å²) in [5, 5.41) is 7.50. The van der Waals surface area contributed by atoms with Crippen LogP contribution in [0.2, 0.25) is 10.0 Å². The second-order valence-corrected chi connectivity index (χ2v) is 13.7. The van der Waals surface area contributed by atoms with Gasteiger partial charge in [-0.3, -0.25) is 9.59 Å². The average Bonchev–Trinajstić information content (AvgIpc) is 3.38. The number of piperazine rings is 1. The molecule has 2 N–H and O–H groups in total. The summed E-state index contributed by atoms with van der Waals surface area (Å²) in [4.78, 5) is 45.6. The molecule has 4 amide bonds. The number of hydrogen-bond acceptors (Lipinski definition) is 5. The number of nitrogens with one attached hydrogen (secondary N) is 2. The standard InChI is InChI=1S/C30H36ClN5O4.C6H5Cl.C2H6/c1-19-3-6-25(40-21-8-11-35(12-9-21)29(39)36-15-13-34(2)14-16-36)22(17-19)27-30(10-7-26(37)33-27)23-5-4-20(31)18-24(23)32-28(30)38;7-6-4-2-1-3-5-6;1-2/h3-6,17-18,21,27H,7-16H2,1-2H3,(H,32,38)(H,33,37);1-5H;1-2H3/t27-,30-;;/m1../s1. The molecule has 262 valence electrons. The number of likely N-dealkylation sites (N-methyl/N-ethyl adjacent to an activating group) is 1. The predicted octanol–water partition coefficient (Wildman–Crippen LogP) is 7.07. The van der Waals surface area contributed by atoms with Gasteiger partial charge in [0.1, 0.15) is 17.3 Å². The van der Waals surface area contributed by atoms with Gasteiger partial charge in [-0.05, 0) is 56.3 Å². The molecule has 0 saturated carbocycles. The number of ether oxygens (including phenoxy) is 1. The van der Waals surface area contributed by atoms with Crippen LogP contribution in [0.3, 0.4) is 0 Å². The van der Waals surface area contributed by atoms with Crippen molar-refractivity contribution in [2.75, 3.05) is 51.6 Å². The van der Waals surface area contributed by atoms with Crippen molar-refractivity contribution >= 4 is 46.7 Å². The van der Waals surface area contributed by atoms with Gasteiger partial charge in [0.05, 0.1) is 6.04 Å². The van der Waals surface area contributed by atoms with Crippen molar-refractivity contribution in [2.24, 2.45) is 0 Å². The number of carbonyl (C=O) groups is 3. The minimum Gasteiger partial charge on any atom is -0.490 e. The Morgan fingerprint density at radius 2 is 1.53 bits per heavy atom. The highest BCUT2D eigenvalue weighted by Crippen LogP contribution is 2.53. The quantitative estimate of drug-likeness (QED) is 0.304. The number of likely N-dealkylation sites (tertiary alicyclic amines) is 1. The molecule has 0 bridgehead atoms. The van der Waals surface area contributed by atoms with Gasteiger partial charge < -0.3 is 30.1 Å². The summed E-state index contributed by atoms with van der Waals surface area (Å²) in [6, 6.07) is 20.4. The number of halogens is 2. The van der Waals surface area contributed by atoms with Gasteiger partial charge in [0, 0.05) is 79.8 Å². The molecule has 4 heterocycles. The molecule has 1 spiro atoms. The van der Waals surface area contributed by atoms with E-state index in [1.54, 1.807) is 12.1 Å². The predicted molar refractivity (Wildman–Crippen MR) is 196 cm³/mol. The third-order valence-electron chi connectivity index (χ3n) is 9.65. The summed E-state index contributed by atoms with van der Waals surface area (Å²) in [6.07, 6.45) is 2.02. The molecule has 4 aliphatic rings. The zero-order chi connectivity index (χ0) is 35.1. The van der Waals surface area contributed by atoms with E-state index in [9.17, 15) is 14.4 Å². The van der Waals surface area contributed by atoms with Gasteiger partial charge in [-0.2, -0.15) is 0 Å². The smallest absolute Gasteiger partial charge is 0.320 e. The van der Waals surface area contributed by atoms with Crippen LogP contribution < -0.4 is 15.4 Å². The minimum atomic E-state index is -0.960. The fourth-order valence-electron chi connectivity index (χ4n) is 7.01. The van der Waals surface area contributed by atoms with Crippen LogP contribution in [-0.2, 0) is 15.0 Å². The monoisotopic (exact) mass is 707 g/mol. The van der Waals surface area contributed by atoms with Crippen LogP contribution >= 0.6 is 23.2 Å². The highest BCUT2D eigenvalue weighted by molar-refractivity contribution is 6.31. The first-order chi connectivity index (χ1) is 23.6. The molecule has 0 aromatic heterocycles. The molecule has 49 heavy (non-hydrogen) atoms. The number of aryl methyl sites for hydroxylation is 1. The van der Waals surface area contributed by atoms with E-state index < -0.39 is 11.5 Å². The maximum absolute atomic E-state index is 13.7. The lowest BCUT2D eigenvalue weighted by Crippen LogP contribution is -2.54. The fourth-order valence-corrected chi connectivity index (χ4v) is 7.33. The van der Waals surface area contributed by atoms with Crippen LogP contribution in [0.15, 0.2) is 66.7 Å². The average molecular weight is 709 g/mol. The van der Waals surface area contributed by atoms with Crippen LogP contribution in [0.4, 0.5) is 10.5 Å². The van der Waals surface area contributed by atoms with Crippen molar-refractivity contribution in [1.82, 2.24) is 20.0 Å². The summed E-state index contributed by atoms with van der Waals surface area (Å²) in [5.41, 5.74) is 2.38. The van der Waals surface area contributed by atoms with Crippen molar-refractivity contribution in [3.05, 3.63) is 93.5 Å². The zero-order valence-corrected chi connectivity index (χ0v) is 30.3. The summed E-state index contributed by atoms with van der Waals surface area (Å²) in [6.45, 7) is 10.6. The molecular formula is C38H47Cl2N5O4. The molecule has 0 aliphatic carbocycles. The van der Waals surface area contributed by atoms with Crippen LogP contribution in [0.25, 0.3) is 0 Å². The molecule has 9 nitrogen and oxygen atoms in total. The summed E-state index contributed by atoms with van der Waals surface area (Å²) in [5.74, 6) is 0.434. The Bertz CT molecular complexity index is 1620. The highest BCUT2D eigenvalue weighted by Gasteiger charge is 2.56. The van der Waals surface area contributed by atoms with Gasteiger partial charge in [0.2, 0.25) is 11.8 Å². The lowest BCUT2D eigenvalue weighted by molar-refractivity contribution is -0.130. The van der Waals surface area contributed by atoms with E-state index in [4.69, 9.17) is 27.9 Å². The number of urea groups is 1. The number of benzene rings is 3. The molecule has 3 aromatic rings. The zero-order valence-electron chi connectivity index (χ0n) is 28.8. The number of piperidine rings is 2. The van der Waals surface area contributed by atoms with E-state index in [1.807, 2.05) is 85.2 Å². The first-order valence-corrected chi connectivity index (χ1v) is 18.0. The second-order valence-electron chi connectivity index (χ2n) is 12.8. The van der Waals surface area contributed by atoms with Crippen LogP contribution in [-0.4, -0.2) is 85.0 Å². The number of fused-ring (bicyclic) bond motifs is 2. The molecule has 0 radical (unpaired) electrons. The third-order valence-corrected chi connectivity index (χ3v) is 10.1. The van der Waals surface area contributed by atoms with Gasteiger partial charge >= 0.3 is 6.03 Å². The molecular weight excluding hydrogens is 661 g/mol. The number of amides is 4. The summed E-state index contributed by atoms with van der Waals surface area (Å²) < 4.78 is 6.60. The maximum atomic E-state index is 13.7. The Kier molecular flexibility index (Phi) is 12.1. The largest absolute Gasteiger partial charge is 0.490 e. The molecule has 3 fully saturated rings. The number of rotatable bonds is 3. The Morgan fingerprint density at radius 1 is 0.857 bits per heavy atom. The van der Waals surface area contributed by atoms with Gasteiger partial charge in [-0.25, -0.2) is 4.79 Å². The molecule has 11 heteroatoms. The topological polar surface area (TPSA) is 94.2 Å². The Balaban J connectivity index is 0.000000458. The molecule has 3 aromatic carbocycles. The Morgan fingerprint density at radius 3 is 2.18 bits per heavy atom. The molecule has 0 unspecified atom stereocenters. The van der Waals surface area contributed by atoms with Crippen molar-refractivity contribution in [1.29, 1.82) is 0 Å². The first-order valence-electron chi connectivity index (χ1n) is 17.2. The third kappa shape index (κ3) is 8.17. The van der Waals surface area contributed by atoms with Crippen molar-refractivity contribution < 1.29 is 19.1 Å². The highest BCUT2D eigenvalue weighted by atomic mass is 35.5. The lowest BCUT2D eigenvalue weighted by Gasteiger charge is -2.41. The van der Waals surface area contributed by atoms with E-state index >= 15 is 0 Å². The van der Waals surface area contributed by atoms with E-state index in [1.165, 1.54) is 0 Å². The molecule has 7 rings (SSSR count). The lowest BCUT2D eigenvalue weighted by atomic mass is 9.67.